The van der Waals surface area contributed by atoms with Crippen molar-refractivity contribution < 1.29 is 4.42 Å². The maximum atomic E-state index is 5.73. The van der Waals surface area contributed by atoms with Crippen LogP contribution in [0.4, 0.5) is 5.69 Å². The highest BCUT2D eigenvalue weighted by Crippen LogP contribution is 2.20. The zero-order valence-corrected chi connectivity index (χ0v) is 10.2. The van der Waals surface area contributed by atoms with Gasteiger partial charge in [-0.3, -0.25) is 0 Å². The molecule has 1 heterocycles. The molecule has 0 aliphatic rings. The summed E-state index contributed by atoms with van der Waals surface area (Å²) in [7, 11) is 0. The zero-order valence-electron chi connectivity index (χ0n) is 10.2. The lowest BCUT2D eigenvalue weighted by Gasteiger charge is -2.01. The minimum Gasteiger partial charge on any atom is -0.440 e. The van der Waals surface area contributed by atoms with E-state index in [1.54, 1.807) is 0 Å². The van der Waals surface area contributed by atoms with Crippen molar-refractivity contribution in [2.24, 2.45) is 0 Å². The third kappa shape index (κ3) is 1.95. The molecule has 3 heteroatoms. The van der Waals surface area contributed by atoms with Crippen LogP contribution in [0.2, 0.25) is 0 Å². The molecular weight excluding hydrogens is 224 g/mol. The highest BCUT2D eigenvalue weighted by atomic mass is 16.3. The van der Waals surface area contributed by atoms with E-state index in [0.29, 0.717) is 12.1 Å². The molecule has 0 saturated heterocycles. The number of rotatable bonds is 2. The van der Waals surface area contributed by atoms with Crippen molar-refractivity contribution in [2.75, 3.05) is 5.73 Å². The Morgan fingerprint density at radius 3 is 2.83 bits per heavy atom. The summed E-state index contributed by atoms with van der Waals surface area (Å²) in [5, 5.41) is 0. The average Bonchev–Trinajstić information content (AvgIpc) is 2.73. The van der Waals surface area contributed by atoms with Gasteiger partial charge in [0.2, 0.25) is 0 Å². The van der Waals surface area contributed by atoms with E-state index in [1.165, 1.54) is 11.1 Å². The van der Waals surface area contributed by atoms with Crippen molar-refractivity contribution in [1.82, 2.24) is 4.98 Å². The normalized spacial score (nSPS) is 10.9. The number of oxazole rings is 1. The van der Waals surface area contributed by atoms with Crippen LogP contribution in [0.5, 0.6) is 0 Å². The predicted molar refractivity (Wildman–Crippen MR) is 72.4 cm³/mol. The summed E-state index contributed by atoms with van der Waals surface area (Å²) in [6.07, 6.45) is 0.710. The molecule has 1 aromatic heterocycles. The van der Waals surface area contributed by atoms with Gasteiger partial charge in [-0.15, -0.1) is 0 Å². The van der Waals surface area contributed by atoms with Gasteiger partial charge in [0.05, 0.1) is 0 Å². The first-order valence-corrected chi connectivity index (χ1v) is 5.92. The van der Waals surface area contributed by atoms with E-state index in [0.717, 1.165) is 17.0 Å². The second-order valence-corrected chi connectivity index (χ2v) is 4.44. The molecule has 0 spiro atoms. The minimum atomic E-state index is 0.707. The Morgan fingerprint density at radius 2 is 2.00 bits per heavy atom. The molecule has 0 fully saturated rings. The van der Waals surface area contributed by atoms with Crippen LogP contribution in [0.15, 0.2) is 46.9 Å². The average molecular weight is 238 g/mol. The molecule has 0 atom stereocenters. The lowest BCUT2D eigenvalue weighted by atomic mass is 10.1. The van der Waals surface area contributed by atoms with Crippen molar-refractivity contribution in [3.63, 3.8) is 0 Å². The third-order valence-corrected chi connectivity index (χ3v) is 3.06. The molecule has 2 N–H and O–H groups in total. The Labute approximate surface area is 105 Å². The van der Waals surface area contributed by atoms with Crippen molar-refractivity contribution in [2.45, 2.75) is 13.3 Å². The molecule has 0 unspecified atom stereocenters. The highest BCUT2D eigenvalue weighted by Gasteiger charge is 2.07. The molecule has 3 nitrogen and oxygen atoms in total. The molecule has 0 aliphatic heterocycles. The smallest absolute Gasteiger partial charge is 0.199 e. The first-order chi connectivity index (χ1) is 8.72. The fourth-order valence-electron chi connectivity index (χ4n) is 2.04. The maximum absolute atomic E-state index is 5.73. The summed E-state index contributed by atoms with van der Waals surface area (Å²) in [4.78, 5) is 4.46. The first kappa shape index (κ1) is 10.8. The van der Waals surface area contributed by atoms with Gasteiger partial charge < -0.3 is 10.2 Å². The van der Waals surface area contributed by atoms with Crippen molar-refractivity contribution in [3.05, 3.63) is 59.5 Å². The summed E-state index contributed by atoms with van der Waals surface area (Å²) in [6, 6.07) is 13.8. The molecule has 2 aromatic carbocycles. The van der Waals surface area contributed by atoms with E-state index in [2.05, 4.69) is 24.0 Å². The fraction of sp³-hybridized carbons (Fsp3) is 0.133. The topological polar surface area (TPSA) is 52.0 Å². The van der Waals surface area contributed by atoms with Gasteiger partial charge in [-0.1, -0.05) is 24.3 Å². The van der Waals surface area contributed by atoms with Crippen LogP contribution in [0.25, 0.3) is 11.1 Å². The van der Waals surface area contributed by atoms with Gasteiger partial charge in [-0.2, -0.15) is 0 Å². The Hall–Kier alpha value is -2.29. The van der Waals surface area contributed by atoms with E-state index in [-0.39, 0.29) is 0 Å². The van der Waals surface area contributed by atoms with E-state index in [1.807, 2.05) is 30.3 Å². The first-order valence-electron chi connectivity index (χ1n) is 5.92. The van der Waals surface area contributed by atoms with Gasteiger partial charge in [0, 0.05) is 12.1 Å². The SMILES string of the molecule is Cc1ccccc1Cc1nc2cc(N)ccc2o1. The summed E-state index contributed by atoms with van der Waals surface area (Å²) < 4.78 is 5.72. The number of fused-ring (bicyclic) bond motifs is 1. The molecule has 0 radical (unpaired) electrons. The van der Waals surface area contributed by atoms with E-state index in [9.17, 15) is 0 Å². The molecule has 0 amide bonds. The standard InChI is InChI=1S/C15H14N2O/c1-10-4-2-3-5-11(10)8-15-17-13-9-12(16)6-7-14(13)18-15/h2-7,9H,8,16H2,1H3. The number of benzene rings is 2. The van der Waals surface area contributed by atoms with Crippen LogP contribution in [0.3, 0.4) is 0 Å². The molecule has 0 saturated carbocycles. The van der Waals surface area contributed by atoms with Crippen LogP contribution < -0.4 is 5.73 Å². The molecule has 90 valence electrons. The number of nitrogens with zero attached hydrogens (tertiary/aromatic N) is 1. The van der Waals surface area contributed by atoms with Gasteiger partial charge >= 0.3 is 0 Å². The van der Waals surface area contributed by atoms with E-state index in [4.69, 9.17) is 10.2 Å². The highest BCUT2D eigenvalue weighted by molar-refractivity contribution is 5.76. The Kier molecular flexibility index (Phi) is 2.52. The largest absolute Gasteiger partial charge is 0.440 e. The molecular formula is C15H14N2O. The van der Waals surface area contributed by atoms with Crippen LogP contribution in [-0.2, 0) is 6.42 Å². The second-order valence-electron chi connectivity index (χ2n) is 4.44. The van der Waals surface area contributed by atoms with Gasteiger partial charge in [0.25, 0.3) is 0 Å². The fourth-order valence-corrected chi connectivity index (χ4v) is 2.04. The third-order valence-electron chi connectivity index (χ3n) is 3.06. The molecule has 18 heavy (non-hydrogen) atoms. The molecule has 3 aromatic rings. The zero-order chi connectivity index (χ0) is 12.5. The Bertz CT molecular complexity index is 701. The minimum absolute atomic E-state index is 0.707. The van der Waals surface area contributed by atoms with Crippen molar-refractivity contribution in [3.8, 4) is 0 Å². The summed E-state index contributed by atoms with van der Waals surface area (Å²) in [6.45, 7) is 2.09. The molecule has 0 bridgehead atoms. The van der Waals surface area contributed by atoms with Crippen LogP contribution >= 0.6 is 0 Å². The lowest BCUT2D eigenvalue weighted by molar-refractivity contribution is 0.543. The molecule has 0 aliphatic carbocycles. The summed E-state index contributed by atoms with van der Waals surface area (Å²) >= 11 is 0. The number of hydrogen-bond donors (Lipinski definition) is 1. The Morgan fingerprint density at radius 1 is 1.17 bits per heavy atom. The van der Waals surface area contributed by atoms with Gasteiger partial charge in [-0.25, -0.2) is 4.98 Å². The number of hydrogen-bond acceptors (Lipinski definition) is 3. The van der Waals surface area contributed by atoms with Crippen LogP contribution in [-0.4, -0.2) is 4.98 Å². The van der Waals surface area contributed by atoms with E-state index < -0.39 is 0 Å². The number of aryl methyl sites for hydroxylation is 1. The quantitative estimate of drug-likeness (QED) is 0.697. The molecule has 3 rings (SSSR count). The van der Waals surface area contributed by atoms with Crippen LogP contribution in [0.1, 0.15) is 17.0 Å². The predicted octanol–water partition coefficient (Wildman–Crippen LogP) is 3.31. The number of nitrogens with two attached hydrogens (primary N) is 1. The number of nitrogen functional groups attached to an aromatic ring is 1. The maximum Gasteiger partial charge on any atom is 0.199 e. The lowest BCUT2D eigenvalue weighted by Crippen LogP contribution is -1.91. The van der Waals surface area contributed by atoms with Crippen molar-refractivity contribution >= 4 is 16.8 Å². The van der Waals surface area contributed by atoms with Crippen LogP contribution in [0, 0.1) is 6.92 Å². The monoisotopic (exact) mass is 238 g/mol. The number of anilines is 1. The summed E-state index contributed by atoms with van der Waals surface area (Å²) in [5.74, 6) is 0.727. The van der Waals surface area contributed by atoms with Crippen molar-refractivity contribution in [1.29, 1.82) is 0 Å². The number of aromatic nitrogens is 1. The Balaban J connectivity index is 1.98. The van der Waals surface area contributed by atoms with Gasteiger partial charge in [0.1, 0.15) is 5.52 Å². The van der Waals surface area contributed by atoms with E-state index >= 15 is 0 Å². The second kappa shape index (κ2) is 4.18. The summed E-state index contributed by atoms with van der Waals surface area (Å²) in [5.41, 5.74) is 10.5. The van der Waals surface area contributed by atoms with Gasteiger partial charge in [-0.05, 0) is 36.2 Å². The van der Waals surface area contributed by atoms with Gasteiger partial charge in [0.15, 0.2) is 11.5 Å².